The molecule has 0 saturated heterocycles. The maximum Gasteiger partial charge on any atom is 0.423 e. The summed E-state index contributed by atoms with van der Waals surface area (Å²) in [5.74, 6) is 0. The van der Waals surface area contributed by atoms with Gasteiger partial charge >= 0.3 is 6.18 Å². The predicted octanol–water partition coefficient (Wildman–Crippen LogP) is 2.52. The molecule has 0 aliphatic heterocycles. The smallest absolute Gasteiger partial charge is 0.258 e. The predicted molar refractivity (Wildman–Crippen MR) is 44.8 cm³/mol. The van der Waals surface area contributed by atoms with Gasteiger partial charge in [0, 0.05) is 18.2 Å². The third-order valence-corrected chi connectivity index (χ3v) is 1.69. The highest BCUT2D eigenvalue weighted by molar-refractivity contribution is 5.49. The van der Waals surface area contributed by atoms with Crippen molar-refractivity contribution in [1.82, 2.24) is 0 Å². The molecule has 0 radical (unpaired) electrons. The minimum atomic E-state index is -5.01. The Hall–Kier alpha value is -2.19. The first-order valence-electron chi connectivity index (χ1n) is 3.73. The van der Waals surface area contributed by atoms with Crippen LogP contribution in [0.2, 0.25) is 0 Å². The summed E-state index contributed by atoms with van der Waals surface area (Å²) in [6.07, 6.45) is -5.01. The van der Waals surface area contributed by atoms with E-state index in [1.165, 1.54) is 0 Å². The van der Waals surface area contributed by atoms with E-state index < -0.39 is 33.0 Å². The van der Waals surface area contributed by atoms with E-state index in [-0.39, 0.29) is 6.07 Å². The minimum absolute atomic E-state index is 0.137. The van der Waals surface area contributed by atoms with Gasteiger partial charge < -0.3 is 0 Å². The van der Waals surface area contributed by atoms with Gasteiger partial charge in [0.1, 0.15) is 5.56 Å². The average molecular weight is 236 g/mol. The fraction of sp³-hybridized carbons (Fsp3) is 0.143. The molecule has 1 rings (SSSR count). The molecule has 0 fully saturated rings. The second kappa shape index (κ2) is 3.76. The van der Waals surface area contributed by atoms with Crippen molar-refractivity contribution >= 4 is 11.4 Å². The maximum absolute atomic E-state index is 12.3. The molecule has 16 heavy (non-hydrogen) atoms. The van der Waals surface area contributed by atoms with Gasteiger partial charge in [-0.15, -0.1) is 0 Å². The number of non-ortho nitro benzene ring substituents is 1. The molecular formula is C7H3F3N2O4. The van der Waals surface area contributed by atoms with E-state index in [1.54, 1.807) is 0 Å². The van der Waals surface area contributed by atoms with Gasteiger partial charge in [0.15, 0.2) is 0 Å². The maximum atomic E-state index is 12.3. The lowest BCUT2D eigenvalue weighted by Gasteiger charge is -2.06. The number of benzene rings is 1. The summed E-state index contributed by atoms with van der Waals surface area (Å²) in [6, 6.07) is 1.24. The molecule has 0 amide bonds. The van der Waals surface area contributed by atoms with Crippen molar-refractivity contribution in [2.75, 3.05) is 0 Å². The van der Waals surface area contributed by atoms with Crippen molar-refractivity contribution in [3.8, 4) is 0 Å². The fourth-order valence-electron chi connectivity index (χ4n) is 1.02. The molecule has 0 atom stereocenters. The van der Waals surface area contributed by atoms with Crippen LogP contribution in [0.5, 0.6) is 0 Å². The summed E-state index contributed by atoms with van der Waals surface area (Å²) in [5, 5.41) is 20.5. The first kappa shape index (κ1) is 11.9. The Kier molecular flexibility index (Phi) is 2.79. The van der Waals surface area contributed by atoms with E-state index in [4.69, 9.17) is 0 Å². The fourth-order valence-corrected chi connectivity index (χ4v) is 1.02. The summed E-state index contributed by atoms with van der Waals surface area (Å²) < 4.78 is 37.0. The number of nitro groups is 2. The second-order valence-electron chi connectivity index (χ2n) is 2.71. The molecule has 0 spiro atoms. The van der Waals surface area contributed by atoms with Crippen LogP contribution in [0.1, 0.15) is 5.56 Å². The third-order valence-electron chi connectivity index (χ3n) is 1.69. The molecule has 0 N–H and O–H groups in total. The Morgan fingerprint density at radius 2 is 1.62 bits per heavy atom. The Balaban J connectivity index is 3.45. The lowest BCUT2D eigenvalue weighted by atomic mass is 10.1. The molecule has 9 heteroatoms. The third kappa shape index (κ3) is 2.24. The molecule has 1 aromatic rings. The van der Waals surface area contributed by atoms with Crippen LogP contribution in [0, 0.1) is 20.2 Å². The van der Waals surface area contributed by atoms with Gasteiger partial charge in [-0.2, -0.15) is 13.2 Å². The summed E-state index contributed by atoms with van der Waals surface area (Å²) in [6.45, 7) is 0. The Morgan fingerprint density at radius 3 is 2.00 bits per heavy atom. The number of nitrogens with zero attached hydrogens (tertiary/aromatic N) is 2. The second-order valence-corrected chi connectivity index (χ2v) is 2.71. The molecule has 0 aromatic heterocycles. The Labute approximate surface area is 85.6 Å². The molecule has 1 aromatic carbocycles. The van der Waals surface area contributed by atoms with Crippen LogP contribution >= 0.6 is 0 Å². The van der Waals surface area contributed by atoms with Crippen molar-refractivity contribution in [1.29, 1.82) is 0 Å². The molecule has 0 unspecified atom stereocenters. The van der Waals surface area contributed by atoms with Crippen LogP contribution in [0.4, 0.5) is 24.5 Å². The number of nitro benzene ring substituents is 2. The lowest BCUT2D eigenvalue weighted by molar-refractivity contribution is -0.391. The Morgan fingerprint density at radius 1 is 1.06 bits per heavy atom. The van der Waals surface area contributed by atoms with Crippen molar-refractivity contribution in [3.63, 3.8) is 0 Å². The van der Waals surface area contributed by atoms with Crippen LogP contribution in [0.15, 0.2) is 18.2 Å². The van der Waals surface area contributed by atoms with E-state index in [0.717, 1.165) is 0 Å². The number of hydrogen-bond donors (Lipinski definition) is 0. The largest absolute Gasteiger partial charge is 0.423 e. The molecule has 0 aliphatic carbocycles. The zero-order chi connectivity index (χ0) is 12.5. The van der Waals surface area contributed by atoms with E-state index in [9.17, 15) is 33.4 Å². The number of halogens is 3. The molecule has 6 nitrogen and oxygen atoms in total. The van der Waals surface area contributed by atoms with E-state index >= 15 is 0 Å². The van der Waals surface area contributed by atoms with Crippen molar-refractivity contribution in [3.05, 3.63) is 44.0 Å². The van der Waals surface area contributed by atoms with Gasteiger partial charge in [-0.25, -0.2) is 0 Å². The monoisotopic (exact) mass is 236 g/mol. The minimum Gasteiger partial charge on any atom is -0.258 e. The molecular weight excluding hydrogens is 233 g/mol. The molecule has 86 valence electrons. The van der Waals surface area contributed by atoms with Gasteiger partial charge in [0.25, 0.3) is 11.4 Å². The van der Waals surface area contributed by atoms with Crippen LogP contribution in [0.25, 0.3) is 0 Å². The summed E-state index contributed by atoms with van der Waals surface area (Å²) in [5.41, 5.74) is -3.69. The Bertz CT molecular complexity index is 457. The van der Waals surface area contributed by atoms with Gasteiger partial charge in [-0.3, -0.25) is 20.2 Å². The van der Waals surface area contributed by atoms with Gasteiger partial charge in [-0.1, -0.05) is 0 Å². The standard InChI is InChI=1S/C7H3F3N2O4/c8-7(9,10)5-3-4(11(13)14)1-2-6(5)12(15)16/h1-3H. The van der Waals surface area contributed by atoms with Crippen LogP contribution in [0.3, 0.4) is 0 Å². The van der Waals surface area contributed by atoms with E-state index in [0.29, 0.717) is 12.1 Å². The quantitative estimate of drug-likeness (QED) is 0.583. The molecule has 0 saturated carbocycles. The van der Waals surface area contributed by atoms with E-state index in [2.05, 4.69) is 0 Å². The van der Waals surface area contributed by atoms with Crippen molar-refractivity contribution in [2.45, 2.75) is 6.18 Å². The zero-order valence-electron chi connectivity index (χ0n) is 7.39. The lowest BCUT2D eigenvalue weighted by Crippen LogP contribution is -2.09. The van der Waals surface area contributed by atoms with Crippen LogP contribution in [-0.4, -0.2) is 9.85 Å². The topological polar surface area (TPSA) is 86.3 Å². The van der Waals surface area contributed by atoms with Crippen molar-refractivity contribution < 1.29 is 23.0 Å². The van der Waals surface area contributed by atoms with Gasteiger partial charge in [0.05, 0.1) is 9.85 Å². The normalized spacial score (nSPS) is 11.2. The van der Waals surface area contributed by atoms with E-state index in [1.807, 2.05) is 0 Å². The SMILES string of the molecule is O=[N+]([O-])c1ccc([N+](=O)[O-])c(C(F)(F)F)c1. The van der Waals surface area contributed by atoms with Crippen LogP contribution < -0.4 is 0 Å². The highest BCUT2D eigenvalue weighted by Crippen LogP contribution is 2.37. The number of hydrogen-bond acceptors (Lipinski definition) is 4. The molecule has 0 bridgehead atoms. The molecule has 0 aliphatic rings. The summed E-state index contributed by atoms with van der Waals surface area (Å²) in [4.78, 5) is 18.2. The first-order chi connectivity index (χ1) is 7.23. The van der Waals surface area contributed by atoms with Gasteiger partial charge in [-0.05, 0) is 0 Å². The van der Waals surface area contributed by atoms with Crippen molar-refractivity contribution in [2.24, 2.45) is 0 Å². The van der Waals surface area contributed by atoms with Gasteiger partial charge in [0.2, 0.25) is 0 Å². The summed E-state index contributed by atoms with van der Waals surface area (Å²) >= 11 is 0. The average Bonchev–Trinajstić information content (AvgIpc) is 2.15. The molecule has 0 heterocycles. The first-order valence-corrected chi connectivity index (χ1v) is 3.73. The number of alkyl halides is 3. The highest BCUT2D eigenvalue weighted by atomic mass is 19.4. The van der Waals surface area contributed by atoms with Crippen LogP contribution in [-0.2, 0) is 6.18 Å². The highest BCUT2D eigenvalue weighted by Gasteiger charge is 2.39. The number of rotatable bonds is 2. The summed E-state index contributed by atoms with van der Waals surface area (Å²) in [7, 11) is 0. The zero-order valence-corrected chi connectivity index (χ0v) is 7.39.